The summed E-state index contributed by atoms with van der Waals surface area (Å²) < 4.78 is 5.15. The molecule has 3 amide bonds. The van der Waals surface area contributed by atoms with E-state index in [4.69, 9.17) is 4.74 Å². The van der Waals surface area contributed by atoms with Crippen LogP contribution < -0.4 is 5.32 Å². The molecule has 0 aromatic heterocycles. The molecule has 4 aliphatic rings. The molecule has 1 aliphatic carbocycles. The molecule has 1 N–H and O–H groups in total. The third-order valence-electron chi connectivity index (χ3n) is 7.62. The van der Waals surface area contributed by atoms with Crippen molar-refractivity contribution in [2.45, 2.75) is 88.9 Å². The summed E-state index contributed by atoms with van der Waals surface area (Å²) in [7, 11) is 0. The van der Waals surface area contributed by atoms with Gasteiger partial charge in [-0.1, -0.05) is 12.8 Å². The van der Waals surface area contributed by atoms with Crippen LogP contribution in [0, 0.1) is 0 Å². The Bertz CT molecular complexity index is 582. The number of carbonyl (C=O) groups excluding carboxylic acids is 2. The Morgan fingerprint density at radius 3 is 2.46 bits per heavy atom. The predicted octanol–water partition coefficient (Wildman–Crippen LogP) is 2.80. The first-order chi connectivity index (χ1) is 13.5. The quantitative estimate of drug-likeness (QED) is 0.802. The summed E-state index contributed by atoms with van der Waals surface area (Å²) in [6, 6.07) is 1.35. The Hall–Kier alpha value is -1.50. The molecule has 7 heteroatoms. The molecule has 3 aliphatic heterocycles. The lowest BCUT2D eigenvalue weighted by molar-refractivity contribution is 0.00124. The van der Waals surface area contributed by atoms with Crippen LogP contribution in [0.3, 0.4) is 0 Å². The minimum atomic E-state index is -0.176. The SMILES string of the molecule is CCOC(=O)N1CCC(C)(N2CCC(N3C(=O)NC4CCCC[C@@H]43)CC2)CC1. The van der Waals surface area contributed by atoms with E-state index < -0.39 is 0 Å². The summed E-state index contributed by atoms with van der Waals surface area (Å²) in [6.45, 7) is 8.26. The summed E-state index contributed by atoms with van der Waals surface area (Å²) >= 11 is 0. The summed E-state index contributed by atoms with van der Waals surface area (Å²) in [5.41, 5.74) is 0.147. The zero-order chi connectivity index (χ0) is 19.7. The Balaban J connectivity index is 1.31. The summed E-state index contributed by atoms with van der Waals surface area (Å²) in [6.07, 6.45) is 8.73. The van der Waals surface area contributed by atoms with E-state index in [1.807, 2.05) is 11.8 Å². The van der Waals surface area contributed by atoms with E-state index in [1.54, 1.807) is 0 Å². The number of hydrogen-bond donors (Lipinski definition) is 1. The molecule has 4 fully saturated rings. The standard InChI is InChI=1S/C21H36N4O3/c1-3-28-20(27)23-14-10-21(2,11-15-23)24-12-8-16(9-13-24)25-18-7-5-4-6-17(18)22-19(25)26/h16-18H,3-15H2,1-2H3,(H,22,26)/t17?,18-/m0/s1. The van der Waals surface area contributed by atoms with Gasteiger partial charge in [0.2, 0.25) is 0 Å². The zero-order valence-electron chi connectivity index (χ0n) is 17.5. The van der Waals surface area contributed by atoms with Gasteiger partial charge in [0.1, 0.15) is 0 Å². The van der Waals surface area contributed by atoms with Gasteiger partial charge in [-0.2, -0.15) is 0 Å². The van der Waals surface area contributed by atoms with Gasteiger partial charge in [-0.25, -0.2) is 9.59 Å². The maximum atomic E-state index is 12.6. The molecule has 0 aromatic rings. The van der Waals surface area contributed by atoms with Crippen LogP contribution in [0.15, 0.2) is 0 Å². The molecule has 3 heterocycles. The minimum absolute atomic E-state index is 0.147. The Morgan fingerprint density at radius 1 is 1.11 bits per heavy atom. The fraction of sp³-hybridized carbons (Fsp3) is 0.905. The average molecular weight is 393 g/mol. The van der Waals surface area contributed by atoms with Crippen LogP contribution in [-0.4, -0.2) is 83.3 Å². The van der Waals surface area contributed by atoms with Crippen LogP contribution in [0.25, 0.3) is 0 Å². The van der Waals surface area contributed by atoms with Gasteiger partial charge < -0.3 is 19.9 Å². The lowest BCUT2D eigenvalue weighted by atomic mass is 9.85. The number of hydrogen-bond acceptors (Lipinski definition) is 4. The normalized spacial score (nSPS) is 31.4. The lowest BCUT2D eigenvalue weighted by Gasteiger charge is -2.50. The van der Waals surface area contributed by atoms with E-state index in [-0.39, 0.29) is 17.7 Å². The third-order valence-corrected chi connectivity index (χ3v) is 7.62. The van der Waals surface area contributed by atoms with Gasteiger partial charge in [0, 0.05) is 37.8 Å². The highest BCUT2D eigenvalue weighted by atomic mass is 16.6. The van der Waals surface area contributed by atoms with Crippen LogP contribution in [0.4, 0.5) is 9.59 Å². The largest absolute Gasteiger partial charge is 0.450 e. The molecule has 158 valence electrons. The summed E-state index contributed by atoms with van der Waals surface area (Å²) in [5.74, 6) is 0. The second-order valence-corrected chi connectivity index (χ2v) is 9.22. The number of urea groups is 1. The maximum absolute atomic E-state index is 12.6. The molecule has 7 nitrogen and oxygen atoms in total. The van der Waals surface area contributed by atoms with Crippen molar-refractivity contribution in [3.8, 4) is 0 Å². The van der Waals surface area contributed by atoms with E-state index in [1.165, 1.54) is 12.8 Å². The number of carbonyl (C=O) groups is 2. The molecule has 28 heavy (non-hydrogen) atoms. The molecule has 4 rings (SSSR count). The van der Waals surface area contributed by atoms with E-state index in [2.05, 4.69) is 22.0 Å². The van der Waals surface area contributed by atoms with E-state index in [0.29, 0.717) is 24.7 Å². The van der Waals surface area contributed by atoms with Crippen molar-refractivity contribution < 1.29 is 14.3 Å². The molecule has 0 aromatic carbocycles. The number of rotatable bonds is 3. The highest BCUT2D eigenvalue weighted by Gasteiger charge is 2.46. The van der Waals surface area contributed by atoms with Gasteiger partial charge >= 0.3 is 12.1 Å². The molecule has 1 saturated carbocycles. The second-order valence-electron chi connectivity index (χ2n) is 9.22. The van der Waals surface area contributed by atoms with Crippen molar-refractivity contribution in [1.82, 2.24) is 20.0 Å². The van der Waals surface area contributed by atoms with Crippen molar-refractivity contribution in [2.75, 3.05) is 32.8 Å². The highest BCUT2D eigenvalue weighted by molar-refractivity contribution is 5.78. The van der Waals surface area contributed by atoms with Crippen LogP contribution in [0.1, 0.15) is 65.2 Å². The van der Waals surface area contributed by atoms with Crippen molar-refractivity contribution in [3.05, 3.63) is 0 Å². The monoisotopic (exact) mass is 392 g/mol. The molecule has 2 atom stereocenters. The number of nitrogens with one attached hydrogen (secondary N) is 1. The predicted molar refractivity (Wildman–Crippen MR) is 107 cm³/mol. The first kappa shape index (κ1) is 19.8. The second kappa shape index (κ2) is 8.09. The average Bonchev–Trinajstić information content (AvgIpc) is 3.04. The number of likely N-dealkylation sites (tertiary alicyclic amines) is 2. The number of nitrogens with zero attached hydrogens (tertiary/aromatic N) is 3. The maximum Gasteiger partial charge on any atom is 0.409 e. The topological polar surface area (TPSA) is 65.1 Å². The molecule has 1 unspecified atom stereocenters. The fourth-order valence-corrected chi connectivity index (χ4v) is 5.82. The summed E-state index contributed by atoms with van der Waals surface area (Å²) in [4.78, 5) is 31.2. The van der Waals surface area contributed by atoms with Crippen molar-refractivity contribution in [2.24, 2.45) is 0 Å². The van der Waals surface area contributed by atoms with Crippen LogP contribution in [0.2, 0.25) is 0 Å². The number of fused-ring (bicyclic) bond motifs is 1. The molecule has 0 radical (unpaired) electrons. The van der Waals surface area contributed by atoms with Crippen LogP contribution in [0.5, 0.6) is 0 Å². The van der Waals surface area contributed by atoms with E-state index in [9.17, 15) is 9.59 Å². The van der Waals surface area contributed by atoms with Crippen LogP contribution in [-0.2, 0) is 4.74 Å². The van der Waals surface area contributed by atoms with Gasteiger partial charge in [-0.05, 0) is 52.4 Å². The summed E-state index contributed by atoms with van der Waals surface area (Å²) in [5, 5.41) is 3.24. The molecule has 0 spiro atoms. The zero-order valence-corrected chi connectivity index (χ0v) is 17.5. The van der Waals surface area contributed by atoms with Crippen LogP contribution >= 0.6 is 0 Å². The van der Waals surface area contributed by atoms with E-state index >= 15 is 0 Å². The minimum Gasteiger partial charge on any atom is -0.450 e. The number of ether oxygens (including phenoxy) is 1. The van der Waals surface area contributed by atoms with Crippen molar-refractivity contribution in [1.29, 1.82) is 0 Å². The van der Waals surface area contributed by atoms with Crippen molar-refractivity contribution in [3.63, 3.8) is 0 Å². The molecule has 0 bridgehead atoms. The Kier molecular flexibility index (Phi) is 5.72. The first-order valence-electron chi connectivity index (χ1n) is 11.3. The number of amides is 3. The van der Waals surface area contributed by atoms with Gasteiger partial charge in [-0.3, -0.25) is 4.90 Å². The molecule has 3 saturated heterocycles. The van der Waals surface area contributed by atoms with Gasteiger partial charge in [0.05, 0.1) is 18.7 Å². The van der Waals surface area contributed by atoms with E-state index in [0.717, 1.165) is 64.7 Å². The first-order valence-corrected chi connectivity index (χ1v) is 11.3. The van der Waals surface area contributed by atoms with Gasteiger partial charge in [-0.15, -0.1) is 0 Å². The molecular weight excluding hydrogens is 356 g/mol. The third kappa shape index (κ3) is 3.70. The molecular formula is C21H36N4O3. The van der Waals surface area contributed by atoms with Gasteiger partial charge in [0.25, 0.3) is 0 Å². The fourth-order valence-electron chi connectivity index (χ4n) is 5.82. The van der Waals surface area contributed by atoms with Gasteiger partial charge in [0.15, 0.2) is 0 Å². The smallest absolute Gasteiger partial charge is 0.409 e. The Labute approximate surface area is 168 Å². The number of piperidine rings is 2. The highest BCUT2D eigenvalue weighted by Crippen LogP contribution is 2.35. The lowest BCUT2D eigenvalue weighted by Crippen LogP contribution is -2.58. The van der Waals surface area contributed by atoms with Crippen molar-refractivity contribution >= 4 is 12.1 Å². The Morgan fingerprint density at radius 2 is 1.79 bits per heavy atom.